The van der Waals surface area contributed by atoms with Crippen molar-refractivity contribution in [2.24, 2.45) is 0 Å². The van der Waals surface area contributed by atoms with Gasteiger partial charge in [-0.05, 0) is 38.0 Å². The summed E-state index contributed by atoms with van der Waals surface area (Å²) >= 11 is 1.15. The lowest BCUT2D eigenvalue weighted by Gasteiger charge is -2.21. The number of rotatable bonds is 12. The summed E-state index contributed by atoms with van der Waals surface area (Å²) < 4.78 is 7.44. The van der Waals surface area contributed by atoms with Crippen LogP contribution in [0.1, 0.15) is 41.1 Å². The average molecular weight is 496 g/mol. The number of urea groups is 1. The van der Waals surface area contributed by atoms with Gasteiger partial charge in [0.25, 0.3) is 5.91 Å². The molecule has 35 heavy (non-hydrogen) atoms. The van der Waals surface area contributed by atoms with E-state index in [9.17, 15) is 9.59 Å². The molecule has 3 amide bonds. The number of hydrogen-bond acceptors (Lipinski definition) is 7. The highest BCUT2D eigenvalue weighted by Crippen LogP contribution is 2.24. The zero-order valence-corrected chi connectivity index (χ0v) is 20.6. The van der Waals surface area contributed by atoms with Crippen molar-refractivity contribution >= 4 is 28.4 Å². The second-order valence-electron chi connectivity index (χ2n) is 7.96. The summed E-state index contributed by atoms with van der Waals surface area (Å²) in [5, 5.41) is 15.2. The van der Waals surface area contributed by atoms with E-state index < -0.39 is 0 Å². The van der Waals surface area contributed by atoms with E-state index in [1.54, 1.807) is 36.8 Å². The summed E-state index contributed by atoms with van der Waals surface area (Å²) in [5.74, 6) is -0.233. The first kappa shape index (κ1) is 25.9. The maximum atomic E-state index is 13.0. The van der Waals surface area contributed by atoms with Gasteiger partial charge in [-0.15, -0.1) is 0 Å². The second kappa shape index (κ2) is 13.2. The molecule has 0 fully saturated rings. The van der Waals surface area contributed by atoms with Gasteiger partial charge in [0.15, 0.2) is 5.13 Å². The summed E-state index contributed by atoms with van der Waals surface area (Å²) in [6.07, 6.45) is 7.64. The number of benzene rings is 1. The highest BCUT2D eigenvalue weighted by Gasteiger charge is 2.21. The Morgan fingerprint density at radius 3 is 2.71 bits per heavy atom. The van der Waals surface area contributed by atoms with Gasteiger partial charge in [0.1, 0.15) is 4.88 Å². The first-order valence-electron chi connectivity index (χ1n) is 11.3. The third-order valence-corrected chi connectivity index (χ3v) is 5.90. The fourth-order valence-electron chi connectivity index (χ4n) is 3.11. The molecule has 0 spiro atoms. The normalized spacial score (nSPS) is 10.7. The number of carbonyl (C=O) groups excluding carboxylic acids is 2. The van der Waals surface area contributed by atoms with Gasteiger partial charge in [0.05, 0.1) is 43.4 Å². The lowest BCUT2D eigenvalue weighted by Crippen LogP contribution is -2.41. The number of carbonyl (C=O) groups is 2. The fraction of sp³-hybridized carbons (Fsp3) is 0.375. The Kier molecular flexibility index (Phi) is 9.77. The topological polar surface area (TPSA) is 125 Å². The van der Waals surface area contributed by atoms with Crippen molar-refractivity contribution < 1.29 is 14.3 Å². The number of thiazole rings is 1. The van der Waals surface area contributed by atoms with Crippen LogP contribution in [0.25, 0.3) is 0 Å². The third kappa shape index (κ3) is 8.20. The number of anilines is 1. The van der Waals surface area contributed by atoms with Crippen molar-refractivity contribution in [3.05, 3.63) is 65.2 Å². The third-order valence-electron chi connectivity index (χ3n) is 4.88. The van der Waals surface area contributed by atoms with E-state index >= 15 is 0 Å². The lowest BCUT2D eigenvalue weighted by atomic mass is 10.1. The molecule has 0 saturated heterocycles. The highest BCUT2D eigenvalue weighted by atomic mass is 32.1. The molecule has 11 heteroatoms. The minimum absolute atomic E-state index is 0.0710. The predicted molar refractivity (Wildman–Crippen MR) is 133 cm³/mol. The Hall–Kier alpha value is -3.75. The number of nitrogens with zero attached hydrogens (tertiary/aromatic N) is 5. The van der Waals surface area contributed by atoms with Crippen LogP contribution in [0.5, 0.6) is 0 Å². The van der Waals surface area contributed by atoms with Crippen molar-refractivity contribution in [3.8, 4) is 6.07 Å². The smallest absolute Gasteiger partial charge is 0.324 e. The van der Waals surface area contributed by atoms with Crippen molar-refractivity contribution in [1.29, 1.82) is 5.26 Å². The number of nitriles is 1. The lowest BCUT2D eigenvalue weighted by molar-refractivity contribution is 0.0819. The number of nitrogens with one attached hydrogen (secondary N) is 2. The van der Waals surface area contributed by atoms with Gasteiger partial charge in [-0.3, -0.25) is 9.69 Å². The average Bonchev–Trinajstić information content (AvgIpc) is 3.55. The van der Waals surface area contributed by atoms with Gasteiger partial charge < -0.3 is 19.9 Å². The number of aromatic nitrogens is 3. The van der Waals surface area contributed by atoms with Gasteiger partial charge in [-0.1, -0.05) is 23.5 Å². The van der Waals surface area contributed by atoms with Crippen LogP contribution in [-0.4, -0.2) is 52.3 Å². The number of ether oxygens (including phenoxy) is 1. The molecule has 0 aliphatic rings. The molecule has 0 radical (unpaired) electrons. The van der Waals surface area contributed by atoms with E-state index in [2.05, 4.69) is 26.7 Å². The Morgan fingerprint density at radius 1 is 1.23 bits per heavy atom. The molecule has 0 saturated carbocycles. The van der Waals surface area contributed by atoms with Crippen molar-refractivity contribution in [2.75, 3.05) is 24.6 Å². The van der Waals surface area contributed by atoms with Crippen LogP contribution in [0.15, 0.2) is 49.2 Å². The predicted octanol–water partition coefficient (Wildman–Crippen LogP) is 3.17. The standard InChI is InChI=1S/C24H29N7O3S/c1-18(2)34-13-10-28-23(33)31(16-20-6-4-19(14-25)5-7-20)24-29-15-21(35-24)22(32)27-8-3-11-30-12-9-26-17-30/h4-7,9,12,15,17-18H,3,8,10-11,13,16H2,1-2H3,(H,27,32)(H,28,33). The quantitative estimate of drug-likeness (QED) is 0.372. The van der Waals surface area contributed by atoms with Gasteiger partial charge in [0.2, 0.25) is 0 Å². The Labute approximate surface area is 208 Å². The van der Waals surface area contributed by atoms with Crippen molar-refractivity contribution in [1.82, 2.24) is 25.2 Å². The van der Waals surface area contributed by atoms with Gasteiger partial charge in [-0.2, -0.15) is 5.26 Å². The minimum Gasteiger partial charge on any atom is -0.377 e. The number of imidazole rings is 1. The zero-order chi connectivity index (χ0) is 25.0. The van der Waals surface area contributed by atoms with Crippen LogP contribution in [0.2, 0.25) is 0 Å². The molecule has 2 N–H and O–H groups in total. The second-order valence-corrected chi connectivity index (χ2v) is 8.97. The molecule has 2 aromatic heterocycles. The van der Waals surface area contributed by atoms with Crippen molar-refractivity contribution in [2.45, 2.75) is 39.5 Å². The fourth-order valence-corrected chi connectivity index (χ4v) is 3.94. The largest absolute Gasteiger partial charge is 0.377 e. The van der Waals surface area contributed by atoms with Crippen LogP contribution < -0.4 is 15.5 Å². The van der Waals surface area contributed by atoms with Gasteiger partial charge >= 0.3 is 6.03 Å². The Morgan fingerprint density at radius 2 is 2.03 bits per heavy atom. The summed E-state index contributed by atoms with van der Waals surface area (Å²) in [5.41, 5.74) is 1.37. The monoisotopic (exact) mass is 495 g/mol. The van der Waals surface area contributed by atoms with Crippen LogP contribution in [0, 0.1) is 11.3 Å². The number of amides is 3. The first-order chi connectivity index (χ1) is 17.0. The zero-order valence-electron chi connectivity index (χ0n) is 19.8. The van der Waals surface area contributed by atoms with E-state index in [0.717, 1.165) is 29.9 Å². The maximum absolute atomic E-state index is 13.0. The molecule has 0 unspecified atom stereocenters. The van der Waals surface area contributed by atoms with Crippen LogP contribution >= 0.6 is 11.3 Å². The molecule has 0 aliphatic heterocycles. The molecular formula is C24H29N7O3S. The van der Waals surface area contributed by atoms with Crippen LogP contribution in [-0.2, 0) is 17.8 Å². The maximum Gasteiger partial charge on any atom is 0.324 e. The van der Waals surface area contributed by atoms with E-state index in [0.29, 0.717) is 35.3 Å². The molecule has 10 nitrogen and oxygen atoms in total. The number of hydrogen-bond donors (Lipinski definition) is 2. The van der Waals surface area contributed by atoms with Gasteiger partial charge in [0, 0.05) is 32.0 Å². The number of aryl methyl sites for hydroxylation is 1. The Bertz CT molecular complexity index is 1120. The van der Waals surface area contributed by atoms with E-state index in [1.165, 1.54) is 11.1 Å². The molecule has 0 bridgehead atoms. The van der Waals surface area contributed by atoms with E-state index in [1.807, 2.05) is 24.6 Å². The first-order valence-corrected chi connectivity index (χ1v) is 12.1. The van der Waals surface area contributed by atoms with E-state index in [4.69, 9.17) is 10.00 Å². The summed E-state index contributed by atoms with van der Waals surface area (Å²) in [6.45, 7) is 6.10. The molecule has 0 atom stereocenters. The Balaban J connectivity index is 1.63. The van der Waals surface area contributed by atoms with Gasteiger partial charge in [-0.25, -0.2) is 14.8 Å². The molecule has 0 aliphatic carbocycles. The SMILES string of the molecule is CC(C)OCCNC(=O)N(Cc1ccc(C#N)cc1)c1ncc(C(=O)NCCCn2ccnc2)s1. The summed E-state index contributed by atoms with van der Waals surface area (Å²) in [7, 11) is 0. The van der Waals surface area contributed by atoms with Crippen LogP contribution in [0.4, 0.5) is 9.93 Å². The molecule has 184 valence electrons. The van der Waals surface area contributed by atoms with E-state index in [-0.39, 0.29) is 24.6 Å². The van der Waals surface area contributed by atoms with Crippen LogP contribution in [0.3, 0.4) is 0 Å². The molecular weight excluding hydrogens is 466 g/mol. The molecule has 3 aromatic rings. The summed E-state index contributed by atoms with van der Waals surface area (Å²) in [4.78, 5) is 35.8. The highest BCUT2D eigenvalue weighted by molar-refractivity contribution is 7.17. The molecule has 3 rings (SSSR count). The molecule has 2 heterocycles. The summed E-state index contributed by atoms with van der Waals surface area (Å²) in [6, 6.07) is 8.73. The molecule has 1 aromatic carbocycles. The van der Waals surface area contributed by atoms with Crippen molar-refractivity contribution in [3.63, 3.8) is 0 Å². The minimum atomic E-state index is -0.344.